The van der Waals surface area contributed by atoms with Crippen LogP contribution >= 0.6 is 15.9 Å². The Morgan fingerprint density at radius 2 is 1.76 bits per heavy atom. The Kier molecular flexibility index (Phi) is 4.80. The quantitative estimate of drug-likeness (QED) is 0.846. The molecule has 0 fully saturated rings. The highest BCUT2D eigenvalue weighted by molar-refractivity contribution is 9.10. The molecule has 0 aromatic heterocycles. The number of benzene rings is 2. The number of nitrogens with two attached hydrogens (primary N) is 1. The van der Waals surface area contributed by atoms with E-state index in [-0.39, 0.29) is 4.47 Å². The van der Waals surface area contributed by atoms with Crippen LogP contribution in [-0.2, 0) is 0 Å². The van der Waals surface area contributed by atoms with Crippen LogP contribution in [0.25, 0.3) is 0 Å². The van der Waals surface area contributed by atoms with E-state index in [1.165, 1.54) is 20.3 Å². The van der Waals surface area contributed by atoms with Crippen molar-refractivity contribution in [2.45, 2.75) is 6.04 Å². The smallest absolute Gasteiger partial charge is 0.173 e. The van der Waals surface area contributed by atoms with Crippen LogP contribution in [0.5, 0.6) is 11.5 Å². The predicted molar refractivity (Wildman–Crippen MR) is 79.6 cm³/mol. The first-order chi connectivity index (χ1) is 9.99. The Hall–Kier alpha value is -1.66. The molecule has 0 aliphatic carbocycles. The monoisotopic (exact) mass is 357 g/mol. The molecule has 0 heterocycles. The van der Waals surface area contributed by atoms with Gasteiger partial charge in [0.2, 0.25) is 0 Å². The number of hydrogen-bond acceptors (Lipinski definition) is 3. The van der Waals surface area contributed by atoms with Crippen molar-refractivity contribution < 1.29 is 18.3 Å². The third-order valence-corrected chi connectivity index (χ3v) is 3.98. The zero-order valence-corrected chi connectivity index (χ0v) is 13.1. The van der Waals surface area contributed by atoms with Gasteiger partial charge >= 0.3 is 0 Å². The summed E-state index contributed by atoms with van der Waals surface area (Å²) < 4.78 is 37.3. The number of ether oxygens (including phenoxy) is 2. The molecule has 0 saturated heterocycles. The molecule has 0 amide bonds. The van der Waals surface area contributed by atoms with Crippen LogP contribution in [-0.4, -0.2) is 14.2 Å². The van der Waals surface area contributed by atoms with Gasteiger partial charge in [0, 0.05) is 5.56 Å². The van der Waals surface area contributed by atoms with Crippen LogP contribution in [0, 0.1) is 11.6 Å². The molecule has 0 spiro atoms. The highest BCUT2D eigenvalue weighted by Gasteiger charge is 2.21. The lowest BCUT2D eigenvalue weighted by Gasteiger charge is -2.18. The molecule has 1 atom stereocenters. The van der Waals surface area contributed by atoms with Crippen molar-refractivity contribution in [2.75, 3.05) is 14.2 Å². The summed E-state index contributed by atoms with van der Waals surface area (Å²) in [4.78, 5) is 0. The van der Waals surface area contributed by atoms with Gasteiger partial charge in [-0.3, -0.25) is 0 Å². The Bertz CT molecular complexity index is 664. The molecular weight excluding hydrogens is 344 g/mol. The number of hydrogen-bond donors (Lipinski definition) is 1. The minimum Gasteiger partial charge on any atom is -0.497 e. The van der Waals surface area contributed by atoms with Crippen molar-refractivity contribution in [1.29, 1.82) is 0 Å². The van der Waals surface area contributed by atoms with E-state index in [1.807, 2.05) is 0 Å². The van der Waals surface area contributed by atoms with E-state index in [4.69, 9.17) is 15.2 Å². The second-order valence-corrected chi connectivity index (χ2v) is 5.14. The number of rotatable bonds is 4. The lowest BCUT2D eigenvalue weighted by atomic mass is 9.98. The Morgan fingerprint density at radius 1 is 1.05 bits per heavy atom. The summed E-state index contributed by atoms with van der Waals surface area (Å²) >= 11 is 3.04. The first kappa shape index (κ1) is 15.7. The van der Waals surface area contributed by atoms with Crippen LogP contribution in [0.15, 0.2) is 34.8 Å². The largest absolute Gasteiger partial charge is 0.497 e. The molecule has 21 heavy (non-hydrogen) atoms. The Labute approximate surface area is 129 Å². The fourth-order valence-electron chi connectivity index (χ4n) is 2.03. The van der Waals surface area contributed by atoms with Gasteiger partial charge in [0.1, 0.15) is 11.5 Å². The second-order valence-electron chi connectivity index (χ2n) is 4.35. The molecular formula is C15H14BrF2NO2. The molecule has 0 aliphatic rings. The summed E-state index contributed by atoms with van der Waals surface area (Å²) in [7, 11) is 3.04. The average molecular weight is 358 g/mol. The zero-order chi connectivity index (χ0) is 15.6. The van der Waals surface area contributed by atoms with Crippen LogP contribution in [0.4, 0.5) is 8.78 Å². The van der Waals surface area contributed by atoms with E-state index in [0.29, 0.717) is 22.6 Å². The summed E-state index contributed by atoms with van der Waals surface area (Å²) in [5.41, 5.74) is 7.21. The van der Waals surface area contributed by atoms with Gasteiger partial charge in [-0.2, -0.15) is 0 Å². The zero-order valence-electron chi connectivity index (χ0n) is 11.5. The van der Waals surface area contributed by atoms with Gasteiger partial charge < -0.3 is 15.2 Å². The van der Waals surface area contributed by atoms with Crippen LogP contribution in [0.2, 0.25) is 0 Å². The Morgan fingerprint density at radius 3 is 2.38 bits per heavy atom. The van der Waals surface area contributed by atoms with Crippen molar-refractivity contribution in [3.63, 3.8) is 0 Å². The minimum atomic E-state index is -0.968. The molecule has 112 valence electrons. The summed E-state index contributed by atoms with van der Waals surface area (Å²) in [6.07, 6.45) is 0. The maximum atomic E-state index is 13.7. The fourth-order valence-corrected chi connectivity index (χ4v) is 2.60. The molecule has 3 nitrogen and oxygen atoms in total. The molecule has 0 saturated carbocycles. The summed E-state index contributed by atoms with van der Waals surface area (Å²) in [6, 6.07) is 6.93. The second kappa shape index (κ2) is 6.41. The minimum absolute atomic E-state index is 0.000118. The maximum absolute atomic E-state index is 13.7. The molecule has 0 radical (unpaired) electrons. The first-order valence-corrected chi connectivity index (χ1v) is 6.89. The van der Waals surface area contributed by atoms with Crippen LogP contribution in [0.3, 0.4) is 0 Å². The molecule has 2 N–H and O–H groups in total. The molecule has 2 aromatic rings. The van der Waals surface area contributed by atoms with E-state index >= 15 is 0 Å². The van der Waals surface area contributed by atoms with Crippen LogP contribution in [0.1, 0.15) is 17.2 Å². The molecule has 2 rings (SSSR count). The fraction of sp³-hybridized carbons (Fsp3) is 0.200. The van der Waals surface area contributed by atoms with Crippen molar-refractivity contribution in [3.05, 3.63) is 57.6 Å². The third-order valence-electron chi connectivity index (χ3n) is 3.17. The molecule has 6 heteroatoms. The standard InChI is InChI=1S/C15H14BrF2NO2/c1-20-8-3-6-12(21-2)10(7-8)15(19)9-4-5-11(17)14(18)13(9)16/h3-7,15H,19H2,1-2H3. The van der Waals surface area contributed by atoms with Gasteiger partial charge in [0.15, 0.2) is 11.6 Å². The van der Waals surface area contributed by atoms with Gasteiger partial charge in [-0.05, 0) is 45.8 Å². The first-order valence-electron chi connectivity index (χ1n) is 6.10. The molecule has 0 aliphatic heterocycles. The normalized spacial score (nSPS) is 12.1. The van der Waals surface area contributed by atoms with Crippen molar-refractivity contribution in [2.24, 2.45) is 5.73 Å². The topological polar surface area (TPSA) is 44.5 Å². The SMILES string of the molecule is COc1ccc(OC)c(C(N)c2ccc(F)c(F)c2Br)c1. The highest BCUT2D eigenvalue weighted by Crippen LogP contribution is 2.35. The van der Waals surface area contributed by atoms with Crippen molar-refractivity contribution in [1.82, 2.24) is 0 Å². The predicted octanol–water partition coefficient (Wildman–Crippen LogP) is 3.79. The highest BCUT2D eigenvalue weighted by atomic mass is 79.9. The summed E-state index contributed by atoms with van der Waals surface area (Å²) in [6.45, 7) is 0. The Balaban J connectivity index is 2.54. The lowest BCUT2D eigenvalue weighted by molar-refractivity contribution is 0.397. The van der Waals surface area contributed by atoms with Gasteiger partial charge in [0.05, 0.1) is 24.7 Å². The van der Waals surface area contributed by atoms with Crippen molar-refractivity contribution in [3.8, 4) is 11.5 Å². The van der Waals surface area contributed by atoms with Gasteiger partial charge in [-0.15, -0.1) is 0 Å². The van der Waals surface area contributed by atoms with E-state index < -0.39 is 17.7 Å². The van der Waals surface area contributed by atoms with E-state index in [2.05, 4.69) is 15.9 Å². The molecule has 0 bridgehead atoms. The van der Waals surface area contributed by atoms with Crippen molar-refractivity contribution >= 4 is 15.9 Å². The maximum Gasteiger partial charge on any atom is 0.173 e. The van der Waals surface area contributed by atoms with Gasteiger partial charge in [0.25, 0.3) is 0 Å². The number of halogens is 3. The summed E-state index contributed by atoms with van der Waals surface area (Å²) in [5, 5.41) is 0. The van der Waals surface area contributed by atoms with E-state index in [0.717, 1.165) is 6.07 Å². The van der Waals surface area contributed by atoms with Gasteiger partial charge in [-0.25, -0.2) is 8.78 Å². The van der Waals surface area contributed by atoms with E-state index in [1.54, 1.807) is 18.2 Å². The summed E-state index contributed by atoms with van der Waals surface area (Å²) in [5.74, 6) is -0.764. The van der Waals surface area contributed by atoms with Crippen LogP contribution < -0.4 is 15.2 Å². The van der Waals surface area contributed by atoms with E-state index in [9.17, 15) is 8.78 Å². The molecule has 1 unspecified atom stereocenters. The number of methoxy groups -OCH3 is 2. The average Bonchev–Trinajstić information content (AvgIpc) is 2.51. The molecule has 2 aromatic carbocycles. The lowest BCUT2D eigenvalue weighted by Crippen LogP contribution is -2.14. The third kappa shape index (κ3) is 3.01. The van der Waals surface area contributed by atoms with Gasteiger partial charge in [-0.1, -0.05) is 6.07 Å².